The summed E-state index contributed by atoms with van der Waals surface area (Å²) < 4.78 is 1.10. The highest BCUT2D eigenvalue weighted by Crippen LogP contribution is 2.34. The summed E-state index contributed by atoms with van der Waals surface area (Å²) in [5, 5.41) is 13.1. The minimum atomic E-state index is 0.0306. The number of rotatable bonds is 3. The lowest BCUT2D eigenvalue weighted by Crippen LogP contribution is -2.07. The lowest BCUT2D eigenvalue weighted by Gasteiger charge is -2.17. The SMILES string of the molecule is CC(Nc1c(Cl)ccc2scnc12)c1cccc(C#N)c1. The summed E-state index contributed by atoms with van der Waals surface area (Å²) in [4.78, 5) is 4.38. The summed E-state index contributed by atoms with van der Waals surface area (Å²) >= 11 is 7.89. The van der Waals surface area contributed by atoms with Gasteiger partial charge in [-0.2, -0.15) is 5.26 Å². The topological polar surface area (TPSA) is 48.7 Å². The van der Waals surface area contributed by atoms with E-state index >= 15 is 0 Å². The van der Waals surface area contributed by atoms with Gasteiger partial charge in [-0.3, -0.25) is 0 Å². The van der Waals surface area contributed by atoms with E-state index < -0.39 is 0 Å². The first kappa shape index (κ1) is 13.9. The highest BCUT2D eigenvalue weighted by molar-refractivity contribution is 7.16. The molecular formula is C16H12ClN3S. The summed E-state index contributed by atoms with van der Waals surface area (Å²) in [6.07, 6.45) is 0. The van der Waals surface area contributed by atoms with E-state index in [4.69, 9.17) is 16.9 Å². The van der Waals surface area contributed by atoms with Crippen LogP contribution in [0.5, 0.6) is 0 Å². The second kappa shape index (κ2) is 5.72. The minimum absolute atomic E-state index is 0.0306. The van der Waals surface area contributed by atoms with Crippen LogP contribution in [0.1, 0.15) is 24.1 Å². The Balaban J connectivity index is 1.96. The van der Waals surface area contributed by atoms with Crippen molar-refractivity contribution in [2.75, 3.05) is 5.32 Å². The van der Waals surface area contributed by atoms with E-state index in [1.807, 2.05) is 42.8 Å². The molecule has 1 heterocycles. The molecule has 1 aromatic heterocycles. The standard InChI is InChI=1S/C16H12ClN3S/c1-10(12-4-2-3-11(7-12)8-18)20-15-13(17)5-6-14-16(15)19-9-21-14/h2-7,9-10,20H,1H3. The molecule has 104 valence electrons. The van der Waals surface area contributed by atoms with Crippen molar-refractivity contribution in [2.45, 2.75) is 13.0 Å². The van der Waals surface area contributed by atoms with Gasteiger partial charge in [0.15, 0.2) is 0 Å². The molecule has 3 aromatic rings. The Hall–Kier alpha value is -2.09. The third-order valence-electron chi connectivity index (χ3n) is 3.33. The van der Waals surface area contributed by atoms with Crippen LogP contribution in [0.3, 0.4) is 0 Å². The molecule has 3 nitrogen and oxygen atoms in total. The molecule has 21 heavy (non-hydrogen) atoms. The van der Waals surface area contributed by atoms with Crippen molar-refractivity contribution < 1.29 is 0 Å². The van der Waals surface area contributed by atoms with Gasteiger partial charge in [0.25, 0.3) is 0 Å². The van der Waals surface area contributed by atoms with Gasteiger partial charge in [0.1, 0.15) is 5.52 Å². The van der Waals surface area contributed by atoms with Crippen LogP contribution in [0.4, 0.5) is 5.69 Å². The number of anilines is 1. The van der Waals surface area contributed by atoms with Gasteiger partial charge >= 0.3 is 0 Å². The summed E-state index contributed by atoms with van der Waals surface area (Å²) in [6.45, 7) is 2.04. The molecule has 0 aliphatic carbocycles. The summed E-state index contributed by atoms with van der Waals surface area (Å²) in [6, 6.07) is 13.6. The lowest BCUT2D eigenvalue weighted by molar-refractivity contribution is 0.885. The van der Waals surface area contributed by atoms with Crippen LogP contribution in [-0.2, 0) is 0 Å². The number of aromatic nitrogens is 1. The molecule has 0 spiro atoms. The molecule has 0 saturated heterocycles. The Morgan fingerprint density at radius 2 is 2.19 bits per heavy atom. The number of fused-ring (bicyclic) bond motifs is 1. The fourth-order valence-corrected chi connectivity index (χ4v) is 3.11. The van der Waals surface area contributed by atoms with Crippen molar-refractivity contribution in [2.24, 2.45) is 0 Å². The Morgan fingerprint density at radius 3 is 3.00 bits per heavy atom. The fourth-order valence-electron chi connectivity index (χ4n) is 2.22. The van der Waals surface area contributed by atoms with Crippen molar-refractivity contribution >= 4 is 38.8 Å². The van der Waals surface area contributed by atoms with Gasteiger partial charge in [-0.15, -0.1) is 11.3 Å². The first-order valence-electron chi connectivity index (χ1n) is 6.47. The molecule has 0 aliphatic heterocycles. The maximum atomic E-state index is 8.99. The molecule has 0 aliphatic rings. The Labute approximate surface area is 131 Å². The minimum Gasteiger partial charge on any atom is -0.376 e. The number of nitriles is 1. The van der Waals surface area contributed by atoms with Crippen LogP contribution in [0.2, 0.25) is 5.02 Å². The molecule has 2 aromatic carbocycles. The Morgan fingerprint density at radius 1 is 1.33 bits per heavy atom. The van der Waals surface area contributed by atoms with Gasteiger partial charge in [-0.05, 0) is 36.8 Å². The van der Waals surface area contributed by atoms with Crippen molar-refractivity contribution in [1.82, 2.24) is 4.98 Å². The number of benzene rings is 2. The number of nitrogens with zero attached hydrogens (tertiary/aromatic N) is 2. The fraction of sp³-hybridized carbons (Fsp3) is 0.125. The second-order valence-corrected chi connectivity index (χ2v) is 6.02. The highest BCUT2D eigenvalue weighted by atomic mass is 35.5. The van der Waals surface area contributed by atoms with Gasteiger partial charge in [-0.1, -0.05) is 23.7 Å². The first-order valence-corrected chi connectivity index (χ1v) is 7.73. The molecule has 0 radical (unpaired) electrons. The Kier molecular flexibility index (Phi) is 3.78. The van der Waals surface area contributed by atoms with Crippen LogP contribution in [-0.4, -0.2) is 4.98 Å². The van der Waals surface area contributed by atoms with Gasteiger partial charge in [-0.25, -0.2) is 4.98 Å². The Bertz CT molecular complexity index is 835. The number of halogens is 1. The summed E-state index contributed by atoms with van der Waals surface area (Å²) in [5.41, 5.74) is 5.23. The van der Waals surface area contributed by atoms with E-state index in [1.165, 1.54) is 0 Å². The third-order valence-corrected chi connectivity index (χ3v) is 4.44. The zero-order chi connectivity index (χ0) is 14.8. The molecule has 1 N–H and O–H groups in total. The first-order chi connectivity index (χ1) is 10.2. The maximum Gasteiger partial charge on any atom is 0.106 e. The maximum absolute atomic E-state index is 8.99. The van der Waals surface area contributed by atoms with Crippen LogP contribution in [0.25, 0.3) is 10.2 Å². The number of hydrogen-bond acceptors (Lipinski definition) is 4. The van der Waals surface area contributed by atoms with Gasteiger partial charge in [0, 0.05) is 6.04 Å². The molecule has 5 heteroatoms. The molecule has 0 fully saturated rings. The van der Waals surface area contributed by atoms with Crippen LogP contribution in [0.15, 0.2) is 41.9 Å². The van der Waals surface area contributed by atoms with E-state index in [-0.39, 0.29) is 6.04 Å². The van der Waals surface area contributed by atoms with Crippen LogP contribution >= 0.6 is 22.9 Å². The van der Waals surface area contributed by atoms with Crippen molar-refractivity contribution in [3.63, 3.8) is 0 Å². The van der Waals surface area contributed by atoms with E-state index in [9.17, 15) is 0 Å². The summed E-state index contributed by atoms with van der Waals surface area (Å²) in [7, 11) is 0. The van der Waals surface area contributed by atoms with Crippen LogP contribution < -0.4 is 5.32 Å². The molecular weight excluding hydrogens is 302 g/mol. The molecule has 0 bridgehead atoms. The normalized spacial score (nSPS) is 12.0. The summed E-state index contributed by atoms with van der Waals surface area (Å²) in [5.74, 6) is 0. The average Bonchev–Trinajstić information content (AvgIpc) is 2.99. The lowest BCUT2D eigenvalue weighted by atomic mass is 10.1. The molecule has 0 amide bonds. The molecule has 1 unspecified atom stereocenters. The third kappa shape index (κ3) is 2.71. The molecule has 3 rings (SSSR count). The molecule has 1 atom stereocenters. The highest BCUT2D eigenvalue weighted by Gasteiger charge is 2.13. The number of hydrogen-bond donors (Lipinski definition) is 1. The number of thiazole rings is 1. The van der Waals surface area contributed by atoms with E-state index in [0.717, 1.165) is 21.5 Å². The zero-order valence-electron chi connectivity index (χ0n) is 11.3. The largest absolute Gasteiger partial charge is 0.376 e. The molecule has 0 saturated carbocycles. The number of nitrogens with one attached hydrogen (secondary N) is 1. The monoisotopic (exact) mass is 313 g/mol. The van der Waals surface area contributed by atoms with Crippen molar-refractivity contribution in [3.8, 4) is 6.07 Å². The smallest absolute Gasteiger partial charge is 0.106 e. The van der Waals surface area contributed by atoms with Gasteiger partial charge < -0.3 is 5.32 Å². The van der Waals surface area contributed by atoms with Crippen molar-refractivity contribution in [1.29, 1.82) is 5.26 Å². The zero-order valence-corrected chi connectivity index (χ0v) is 12.9. The predicted molar refractivity (Wildman–Crippen MR) is 87.8 cm³/mol. The van der Waals surface area contributed by atoms with Crippen molar-refractivity contribution in [3.05, 3.63) is 58.1 Å². The van der Waals surface area contributed by atoms with E-state index in [2.05, 4.69) is 16.4 Å². The predicted octanol–water partition coefficient (Wildman–Crippen LogP) is 4.99. The quantitative estimate of drug-likeness (QED) is 0.740. The van der Waals surface area contributed by atoms with E-state index in [1.54, 1.807) is 17.4 Å². The second-order valence-electron chi connectivity index (χ2n) is 4.72. The average molecular weight is 314 g/mol. The van der Waals surface area contributed by atoms with Crippen LogP contribution in [0, 0.1) is 11.3 Å². The van der Waals surface area contributed by atoms with Gasteiger partial charge in [0.2, 0.25) is 0 Å². The van der Waals surface area contributed by atoms with Gasteiger partial charge in [0.05, 0.1) is 32.6 Å². The van der Waals surface area contributed by atoms with E-state index in [0.29, 0.717) is 10.6 Å².